The summed E-state index contributed by atoms with van der Waals surface area (Å²) in [6.45, 7) is 3.26. The van der Waals surface area contributed by atoms with Gasteiger partial charge in [-0.15, -0.1) is 0 Å². The van der Waals surface area contributed by atoms with Crippen molar-refractivity contribution in [2.24, 2.45) is 5.92 Å². The molecule has 0 radical (unpaired) electrons. The summed E-state index contributed by atoms with van der Waals surface area (Å²) in [6.07, 6.45) is 2.30. The summed E-state index contributed by atoms with van der Waals surface area (Å²) in [4.78, 5) is 0. The quantitative estimate of drug-likeness (QED) is 0.851. The predicted octanol–water partition coefficient (Wildman–Crippen LogP) is 2.70. The van der Waals surface area contributed by atoms with Crippen molar-refractivity contribution < 1.29 is 9.47 Å². The summed E-state index contributed by atoms with van der Waals surface area (Å²) in [5, 5.41) is 3.45. The molecule has 16 heavy (non-hydrogen) atoms. The number of ether oxygens (including phenoxy) is 2. The number of hydrogen-bond donors (Lipinski definition) is 1. The molecule has 1 heterocycles. The monoisotopic (exact) mass is 221 g/mol. The van der Waals surface area contributed by atoms with E-state index in [0.717, 1.165) is 30.2 Å². The van der Waals surface area contributed by atoms with Gasteiger partial charge in [0.05, 0.1) is 19.9 Å². The van der Waals surface area contributed by atoms with Crippen LogP contribution in [0.15, 0.2) is 12.1 Å². The van der Waals surface area contributed by atoms with Gasteiger partial charge in [-0.25, -0.2) is 0 Å². The van der Waals surface area contributed by atoms with Crippen LogP contribution in [0.25, 0.3) is 0 Å². The second kappa shape index (κ2) is 4.64. The normalized spacial score (nSPS) is 18.6. The van der Waals surface area contributed by atoms with Crippen LogP contribution < -0.4 is 14.8 Å². The number of methoxy groups -OCH3 is 2. The fourth-order valence-electron chi connectivity index (χ4n) is 2.20. The van der Waals surface area contributed by atoms with Gasteiger partial charge in [-0.3, -0.25) is 0 Å². The Balaban J connectivity index is 2.38. The maximum Gasteiger partial charge on any atom is 0.145 e. The van der Waals surface area contributed by atoms with Crippen LogP contribution >= 0.6 is 0 Å². The van der Waals surface area contributed by atoms with E-state index in [1.54, 1.807) is 14.2 Å². The number of rotatable bonds is 3. The first-order chi connectivity index (χ1) is 7.78. The zero-order valence-electron chi connectivity index (χ0n) is 10.2. The van der Waals surface area contributed by atoms with Gasteiger partial charge in [-0.05, 0) is 24.0 Å². The van der Waals surface area contributed by atoms with Crippen LogP contribution in [0.3, 0.4) is 0 Å². The Morgan fingerprint density at radius 2 is 2.12 bits per heavy atom. The first-order valence-corrected chi connectivity index (χ1v) is 5.77. The van der Waals surface area contributed by atoms with Crippen LogP contribution in [0.2, 0.25) is 0 Å². The van der Waals surface area contributed by atoms with Crippen LogP contribution in [0.1, 0.15) is 18.9 Å². The lowest BCUT2D eigenvalue weighted by molar-refractivity contribution is 0.391. The van der Waals surface area contributed by atoms with Gasteiger partial charge >= 0.3 is 0 Å². The van der Waals surface area contributed by atoms with Crippen molar-refractivity contribution in [2.45, 2.75) is 19.8 Å². The lowest BCUT2D eigenvalue weighted by Gasteiger charge is -2.27. The highest BCUT2D eigenvalue weighted by Crippen LogP contribution is 2.37. The lowest BCUT2D eigenvalue weighted by Crippen LogP contribution is -2.23. The van der Waals surface area contributed by atoms with Gasteiger partial charge in [-0.1, -0.05) is 13.3 Å². The zero-order valence-corrected chi connectivity index (χ0v) is 10.2. The molecule has 1 aromatic carbocycles. The minimum Gasteiger partial charge on any atom is -0.497 e. The summed E-state index contributed by atoms with van der Waals surface area (Å²) in [7, 11) is 3.39. The van der Waals surface area contributed by atoms with Crippen molar-refractivity contribution in [3.8, 4) is 11.5 Å². The fourth-order valence-corrected chi connectivity index (χ4v) is 2.20. The lowest BCUT2D eigenvalue weighted by atomic mass is 9.91. The zero-order chi connectivity index (χ0) is 11.5. The smallest absolute Gasteiger partial charge is 0.145 e. The van der Waals surface area contributed by atoms with E-state index < -0.39 is 0 Å². The van der Waals surface area contributed by atoms with Crippen molar-refractivity contribution in [1.29, 1.82) is 0 Å². The van der Waals surface area contributed by atoms with Gasteiger partial charge in [0, 0.05) is 12.6 Å². The molecule has 0 saturated heterocycles. The van der Waals surface area contributed by atoms with Crippen LogP contribution in [0, 0.1) is 5.92 Å². The molecule has 0 fully saturated rings. The minimum absolute atomic E-state index is 0.712. The third-order valence-corrected chi connectivity index (χ3v) is 3.27. The number of benzene rings is 1. The summed E-state index contributed by atoms with van der Waals surface area (Å²) < 4.78 is 10.7. The Hall–Kier alpha value is -1.38. The Kier molecular flexibility index (Phi) is 3.22. The summed E-state index contributed by atoms with van der Waals surface area (Å²) in [6, 6.07) is 4.03. The van der Waals surface area contributed by atoms with E-state index in [0.29, 0.717) is 5.92 Å². The predicted molar refractivity (Wildman–Crippen MR) is 65.5 cm³/mol. The van der Waals surface area contributed by atoms with Crippen molar-refractivity contribution in [1.82, 2.24) is 0 Å². The number of anilines is 1. The second-order valence-corrected chi connectivity index (χ2v) is 4.22. The van der Waals surface area contributed by atoms with Crippen LogP contribution in [0.5, 0.6) is 11.5 Å². The van der Waals surface area contributed by atoms with Gasteiger partial charge in [0.25, 0.3) is 0 Å². The third kappa shape index (κ3) is 1.94. The maximum absolute atomic E-state index is 5.38. The second-order valence-electron chi connectivity index (χ2n) is 4.22. The molecule has 0 amide bonds. The average Bonchev–Trinajstić information content (AvgIpc) is 2.36. The molecule has 1 atom stereocenters. The molecule has 88 valence electrons. The molecule has 0 bridgehead atoms. The molecule has 2 rings (SSSR count). The molecule has 1 aliphatic rings. The summed E-state index contributed by atoms with van der Waals surface area (Å²) >= 11 is 0. The SMILES string of the molecule is CCC1CNc2c(cc(OC)cc2OC)C1. The van der Waals surface area contributed by atoms with E-state index in [4.69, 9.17) is 9.47 Å². The first kappa shape index (κ1) is 11.1. The molecule has 0 spiro atoms. The van der Waals surface area contributed by atoms with Gasteiger partial charge in [0.1, 0.15) is 11.5 Å². The topological polar surface area (TPSA) is 30.5 Å². The van der Waals surface area contributed by atoms with E-state index in [-0.39, 0.29) is 0 Å². The van der Waals surface area contributed by atoms with Crippen LogP contribution in [0.4, 0.5) is 5.69 Å². The molecule has 3 nitrogen and oxygen atoms in total. The Labute approximate surface area is 96.8 Å². The van der Waals surface area contributed by atoms with Crippen molar-refractivity contribution in [3.05, 3.63) is 17.7 Å². The number of fused-ring (bicyclic) bond motifs is 1. The van der Waals surface area contributed by atoms with Gasteiger partial charge in [-0.2, -0.15) is 0 Å². The molecular weight excluding hydrogens is 202 g/mol. The largest absolute Gasteiger partial charge is 0.497 e. The van der Waals surface area contributed by atoms with E-state index in [9.17, 15) is 0 Å². The van der Waals surface area contributed by atoms with Crippen LogP contribution in [-0.2, 0) is 6.42 Å². The Bertz CT molecular complexity index is 376. The van der Waals surface area contributed by atoms with E-state index in [1.807, 2.05) is 6.07 Å². The van der Waals surface area contributed by atoms with Gasteiger partial charge in [0.2, 0.25) is 0 Å². The molecule has 1 aliphatic heterocycles. The summed E-state index contributed by atoms with van der Waals surface area (Å²) in [5.74, 6) is 2.46. The van der Waals surface area contributed by atoms with E-state index >= 15 is 0 Å². The Morgan fingerprint density at radius 1 is 1.31 bits per heavy atom. The molecular formula is C13H19NO2. The number of nitrogens with one attached hydrogen (secondary N) is 1. The molecule has 0 aromatic heterocycles. The minimum atomic E-state index is 0.712. The summed E-state index contributed by atoms with van der Waals surface area (Å²) in [5.41, 5.74) is 2.43. The molecule has 1 aromatic rings. The third-order valence-electron chi connectivity index (χ3n) is 3.27. The van der Waals surface area contributed by atoms with Crippen molar-refractivity contribution >= 4 is 5.69 Å². The van der Waals surface area contributed by atoms with Crippen molar-refractivity contribution in [2.75, 3.05) is 26.1 Å². The van der Waals surface area contributed by atoms with Gasteiger partial charge in [0.15, 0.2) is 0 Å². The average molecular weight is 221 g/mol. The molecule has 1 unspecified atom stereocenters. The molecule has 1 N–H and O–H groups in total. The number of hydrogen-bond acceptors (Lipinski definition) is 3. The molecule has 0 saturated carbocycles. The highest BCUT2D eigenvalue weighted by Gasteiger charge is 2.20. The van der Waals surface area contributed by atoms with E-state index in [2.05, 4.69) is 18.3 Å². The first-order valence-electron chi connectivity index (χ1n) is 5.77. The van der Waals surface area contributed by atoms with Crippen molar-refractivity contribution in [3.63, 3.8) is 0 Å². The highest BCUT2D eigenvalue weighted by molar-refractivity contribution is 5.66. The standard InChI is InChI=1S/C13H19NO2/c1-4-9-5-10-6-11(15-2)7-12(16-3)13(10)14-8-9/h6-7,9,14H,4-5,8H2,1-3H3. The molecule has 3 heteroatoms. The van der Waals surface area contributed by atoms with E-state index in [1.165, 1.54) is 12.0 Å². The maximum atomic E-state index is 5.38. The van der Waals surface area contributed by atoms with Gasteiger partial charge < -0.3 is 14.8 Å². The van der Waals surface area contributed by atoms with Crippen LogP contribution in [-0.4, -0.2) is 20.8 Å². The fraction of sp³-hybridized carbons (Fsp3) is 0.538. The highest BCUT2D eigenvalue weighted by atomic mass is 16.5. The Morgan fingerprint density at radius 3 is 2.75 bits per heavy atom. The molecule has 0 aliphatic carbocycles.